The molecule has 0 saturated carbocycles. The second kappa shape index (κ2) is 13.1. The van der Waals surface area contributed by atoms with Crippen LogP contribution in [0.1, 0.15) is 26.3 Å². The maximum absolute atomic E-state index is 6.64. The third-order valence-electron chi connectivity index (χ3n) is 10.2. The Bertz CT molecular complexity index is 3010. The van der Waals surface area contributed by atoms with Crippen LogP contribution in [-0.4, -0.2) is 18.9 Å². The van der Waals surface area contributed by atoms with Crippen molar-refractivity contribution in [1.82, 2.24) is 18.9 Å². The van der Waals surface area contributed by atoms with Crippen LogP contribution >= 0.6 is 0 Å². The summed E-state index contributed by atoms with van der Waals surface area (Å²) in [6.45, 7) is 6.67. The van der Waals surface area contributed by atoms with Gasteiger partial charge in [0.2, 0.25) is 0 Å². The third kappa shape index (κ3) is 5.50. The molecule has 262 valence electrons. The number of imidazole rings is 1. The zero-order valence-corrected chi connectivity index (χ0v) is 31.5. The molecular weight excluding hydrogens is 755 g/mol. The molecule has 0 spiro atoms. The summed E-state index contributed by atoms with van der Waals surface area (Å²) in [5, 5.41) is 5.30. The van der Waals surface area contributed by atoms with E-state index in [2.05, 4.69) is 163 Å². The Morgan fingerprint density at radius 1 is 0.593 bits per heavy atom. The molecule has 0 bridgehead atoms. The average molecular weight is 789 g/mol. The number of para-hydroxylation sites is 2. The largest absolute Gasteiger partial charge is 2.00 e. The number of aromatic nitrogens is 4. The van der Waals surface area contributed by atoms with E-state index in [1.165, 1.54) is 5.56 Å². The normalized spacial score (nSPS) is 11.8. The van der Waals surface area contributed by atoms with Gasteiger partial charge in [0.1, 0.15) is 5.82 Å². The van der Waals surface area contributed by atoms with Crippen molar-refractivity contribution in [2.75, 3.05) is 0 Å². The number of nitrogens with zero attached hydrogens (tertiary/aromatic N) is 4. The van der Waals surface area contributed by atoms with E-state index in [0.717, 1.165) is 77.5 Å². The number of hydrogen-bond acceptors (Lipinski definition) is 3. The predicted molar refractivity (Wildman–Crippen MR) is 216 cm³/mol. The number of fused-ring (bicyclic) bond motifs is 9. The van der Waals surface area contributed by atoms with Crippen molar-refractivity contribution in [3.8, 4) is 39.8 Å². The zero-order valence-electron chi connectivity index (χ0n) is 29.9. The van der Waals surface area contributed by atoms with Crippen LogP contribution in [0, 0.1) is 12.1 Å². The van der Waals surface area contributed by atoms with Crippen LogP contribution in [-0.2, 0) is 25.8 Å². The van der Waals surface area contributed by atoms with Gasteiger partial charge in [-0.3, -0.25) is 4.98 Å². The number of ether oxygens (including phenoxy) is 1. The summed E-state index contributed by atoms with van der Waals surface area (Å²) in [6, 6.07) is 57.6. The summed E-state index contributed by atoms with van der Waals surface area (Å²) < 4.78 is 11.1. The van der Waals surface area contributed by atoms with Gasteiger partial charge in [0, 0.05) is 34.3 Å². The van der Waals surface area contributed by atoms with E-state index >= 15 is 0 Å². The van der Waals surface area contributed by atoms with Crippen LogP contribution < -0.4 is 4.74 Å². The zero-order chi connectivity index (χ0) is 35.7. The summed E-state index contributed by atoms with van der Waals surface area (Å²) >= 11 is 0. The molecular formula is C48H34N4OPd. The van der Waals surface area contributed by atoms with Crippen molar-refractivity contribution in [2.45, 2.75) is 26.2 Å². The molecule has 0 saturated heterocycles. The Balaban J connectivity index is 0.00000384. The van der Waals surface area contributed by atoms with Crippen LogP contribution in [0.5, 0.6) is 11.5 Å². The first-order valence-corrected chi connectivity index (χ1v) is 17.9. The molecule has 0 fully saturated rings. The molecule has 0 N–H and O–H groups in total. The molecule has 0 radical (unpaired) electrons. The Labute approximate surface area is 327 Å². The Morgan fingerprint density at radius 2 is 1.20 bits per heavy atom. The van der Waals surface area contributed by atoms with Gasteiger partial charge >= 0.3 is 20.4 Å². The molecule has 6 heteroatoms. The molecule has 5 nitrogen and oxygen atoms in total. The van der Waals surface area contributed by atoms with Gasteiger partial charge in [-0.15, -0.1) is 29.7 Å². The maximum atomic E-state index is 6.64. The molecule has 0 atom stereocenters. The maximum Gasteiger partial charge on any atom is 2.00 e. The van der Waals surface area contributed by atoms with E-state index < -0.39 is 0 Å². The average Bonchev–Trinajstić information content (AvgIpc) is 3.75. The van der Waals surface area contributed by atoms with E-state index in [1.54, 1.807) is 0 Å². The van der Waals surface area contributed by atoms with Crippen molar-refractivity contribution >= 4 is 49.1 Å². The summed E-state index contributed by atoms with van der Waals surface area (Å²) in [5.74, 6) is 2.04. The van der Waals surface area contributed by atoms with Crippen LogP contribution in [0.25, 0.3) is 77.5 Å². The van der Waals surface area contributed by atoms with Crippen LogP contribution in [0.3, 0.4) is 0 Å². The van der Waals surface area contributed by atoms with E-state index in [0.29, 0.717) is 11.5 Å². The van der Waals surface area contributed by atoms with Gasteiger partial charge in [-0.1, -0.05) is 140 Å². The van der Waals surface area contributed by atoms with Crippen LogP contribution in [0.2, 0.25) is 0 Å². The fourth-order valence-electron chi connectivity index (χ4n) is 7.61. The van der Waals surface area contributed by atoms with Gasteiger partial charge in [-0.25, -0.2) is 4.98 Å². The quantitative estimate of drug-likeness (QED) is 0.0991. The summed E-state index contributed by atoms with van der Waals surface area (Å²) in [6.07, 6.45) is 1.90. The summed E-state index contributed by atoms with van der Waals surface area (Å²) in [5.41, 5.74) is 9.20. The van der Waals surface area contributed by atoms with Gasteiger partial charge in [0.25, 0.3) is 0 Å². The Morgan fingerprint density at radius 3 is 1.93 bits per heavy atom. The number of benzene rings is 6. The molecule has 6 aromatic carbocycles. The minimum Gasteiger partial charge on any atom is -0.503 e. The number of pyridine rings is 2. The molecule has 54 heavy (non-hydrogen) atoms. The van der Waals surface area contributed by atoms with Crippen LogP contribution in [0.4, 0.5) is 0 Å². The molecule has 4 aromatic heterocycles. The van der Waals surface area contributed by atoms with Gasteiger partial charge in [-0.2, -0.15) is 6.07 Å². The fourth-order valence-corrected chi connectivity index (χ4v) is 7.61. The Kier molecular flexibility index (Phi) is 8.19. The molecule has 0 aliphatic rings. The van der Waals surface area contributed by atoms with Gasteiger partial charge in [-0.05, 0) is 51.6 Å². The summed E-state index contributed by atoms with van der Waals surface area (Å²) in [7, 11) is 0. The van der Waals surface area contributed by atoms with E-state index in [4.69, 9.17) is 14.7 Å². The number of rotatable bonds is 5. The molecule has 0 aliphatic carbocycles. The van der Waals surface area contributed by atoms with Crippen molar-refractivity contribution in [3.63, 3.8) is 0 Å². The molecule has 4 heterocycles. The molecule has 0 unspecified atom stereocenters. The first-order valence-electron chi connectivity index (χ1n) is 17.9. The fraction of sp³-hybridized carbons (Fsp3) is 0.0833. The van der Waals surface area contributed by atoms with Crippen molar-refractivity contribution in [3.05, 3.63) is 169 Å². The first kappa shape index (κ1) is 33.8. The molecule has 0 aliphatic heterocycles. The minimum atomic E-state index is -0.0182. The smallest absolute Gasteiger partial charge is 0.503 e. The first-order chi connectivity index (χ1) is 25.9. The van der Waals surface area contributed by atoms with Crippen molar-refractivity contribution < 1.29 is 25.2 Å². The van der Waals surface area contributed by atoms with Crippen LogP contribution in [0.15, 0.2) is 152 Å². The molecule has 10 rings (SSSR count). The van der Waals surface area contributed by atoms with Gasteiger partial charge in [0.15, 0.2) is 0 Å². The third-order valence-corrected chi connectivity index (χ3v) is 10.2. The molecule has 10 aromatic rings. The monoisotopic (exact) mass is 788 g/mol. The SMILES string of the molecule is CC(C)(C)c1ccnc(-n2c3[c-]c(Oc4[c-]c5c(cc4)c4ccccc4n4c(-c6ccccc6)c(-c6ccccc6)nc54)ccc3c3ccccc32)c1.[Pd+2]. The van der Waals surface area contributed by atoms with Gasteiger partial charge in [0.05, 0.1) is 17.0 Å². The topological polar surface area (TPSA) is 44.4 Å². The van der Waals surface area contributed by atoms with Gasteiger partial charge < -0.3 is 13.7 Å². The predicted octanol–water partition coefficient (Wildman–Crippen LogP) is 12.2. The van der Waals surface area contributed by atoms with E-state index in [9.17, 15) is 0 Å². The van der Waals surface area contributed by atoms with Crippen molar-refractivity contribution in [2.24, 2.45) is 0 Å². The second-order valence-electron chi connectivity index (χ2n) is 14.5. The number of hydrogen-bond donors (Lipinski definition) is 0. The minimum absolute atomic E-state index is 0. The van der Waals surface area contributed by atoms with E-state index in [-0.39, 0.29) is 25.8 Å². The van der Waals surface area contributed by atoms with Crippen molar-refractivity contribution in [1.29, 1.82) is 0 Å². The van der Waals surface area contributed by atoms with E-state index in [1.807, 2.05) is 30.5 Å². The molecule has 0 amide bonds. The second-order valence-corrected chi connectivity index (χ2v) is 14.5. The standard InChI is InChI=1S/C48H34N4O.Pd/c1-48(2,3)33-26-27-49-44(28-33)51-41-20-12-11-19-38(41)39-25-23-35(30-43(39)51)53-34-22-24-36-37-18-10-13-21-42(37)52-46(32-16-8-5-9-17-32)45(31-14-6-4-7-15-31)50-47(52)40(36)29-34;/h4-28H,1-3H3;/q-2;+2. The summed E-state index contributed by atoms with van der Waals surface area (Å²) in [4.78, 5) is 10.2. The Hall–Kier alpha value is -6.06.